The van der Waals surface area contributed by atoms with Crippen LogP contribution in [0.4, 0.5) is 0 Å². The molecule has 1 N–H and O–H groups in total. The van der Waals surface area contributed by atoms with Gasteiger partial charge in [-0.3, -0.25) is 4.90 Å². The van der Waals surface area contributed by atoms with Crippen LogP contribution < -0.4 is 5.32 Å². The van der Waals surface area contributed by atoms with Crippen molar-refractivity contribution in [1.82, 2.24) is 10.2 Å². The fourth-order valence-electron chi connectivity index (χ4n) is 3.43. The second-order valence-electron chi connectivity index (χ2n) is 6.13. The smallest absolute Gasteiger partial charge is 0.134 e. The molecule has 1 heterocycles. The van der Waals surface area contributed by atoms with E-state index in [9.17, 15) is 0 Å². The SMILES string of the molecule is CCNCc1oc2ccccc2c1CN(C)C1CCCC1. The Labute approximate surface area is 127 Å². The largest absolute Gasteiger partial charge is 0.459 e. The molecule has 0 spiro atoms. The zero-order valence-corrected chi connectivity index (χ0v) is 13.2. The normalized spacial score (nSPS) is 16.3. The van der Waals surface area contributed by atoms with Crippen molar-refractivity contribution in [2.75, 3.05) is 13.6 Å². The zero-order valence-electron chi connectivity index (χ0n) is 13.2. The average Bonchev–Trinajstić information content (AvgIpc) is 3.14. The Balaban J connectivity index is 1.86. The second kappa shape index (κ2) is 6.63. The van der Waals surface area contributed by atoms with Crippen molar-refractivity contribution >= 4 is 11.0 Å². The Morgan fingerprint density at radius 2 is 2.00 bits per heavy atom. The average molecular weight is 286 g/mol. The summed E-state index contributed by atoms with van der Waals surface area (Å²) < 4.78 is 6.08. The van der Waals surface area contributed by atoms with Crippen LogP contribution in [0.1, 0.15) is 43.9 Å². The molecule has 1 aromatic heterocycles. The maximum atomic E-state index is 6.08. The van der Waals surface area contributed by atoms with E-state index in [-0.39, 0.29) is 0 Å². The van der Waals surface area contributed by atoms with Crippen LogP contribution in [0.25, 0.3) is 11.0 Å². The predicted molar refractivity (Wildman–Crippen MR) is 87.3 cm³/mol. The predicted octanol–water partition coefficient (Wildman–Crippen LogP) is 3.92. The minimum Gasteiger partial charge on any atom is -0.459 e. The first-order valence-electron chi connectivity index (χ1n) is 8.20. The third-order valence-corrected chi connectivity index (χ3v) is 4.67. The highest BCUT2D eigenvalue weighted by atomic mass is 16.3. The molecular formula is C18H26N2O. The Hall–Kier alpha value is -1.32. The van der Waals surface area contributed by atoms with Crippen LogP contribution in [0, 0.1) is 0 Å². The lowest BCUT2D eigenvalue weighted by atomic mass is 10.1. The Morgan fingerprint density at radius 3 is 2.76 bits per heavy atom. The van der Waals surface area contributed by atoms with Gasteiger partial charge in [0.1, 0.15) is 11.3 Å². The summed E-state index contributed by atoms with van der Waals surface area (Å²) in [6.07, 6.45) is 5.44. The lowest BCUT2D eigenvalue weighted by Crippen LogP contribution is -2.29. The minimum atomic E-state index is 0.741. The van der Waals surface area contributed by atoms with Crippen molar-refractivity contribution in [3.8, 4) is 0 Å². The number of rotatable bonds is 6. The fourth-order valence-corrected chi connectivity index (χ4v) is 3.43. The first-order chi connectivity index (χ1) is 10.3. The van der Waals surface area contributed by atoms with E-state index in [1.165, 1.54) is 36.6 Å². The van der Waals surface area contributed by atoms with Crippen LogP contribution in [0.3, 0.4) is 0 Å². The van der Waals surface area contributed by atoms with Crippen molar-refractivity contribution in [3.63, 3.8) is 0 Å². The third-order valence-electron chi connectivity index (χ3n) is 4.67. The fraction of sp³-hybridized carbons (Fsp3) is 0.556. The van der Waals surface area contributed by atoms with E-state index in [2.05, 4.69) is 42.4 Å². The summed E-state index contributed by atoms with van der Waals surface area (Å²) in [5, 5.41) is 4.67. The summed E-state index contributed by atoms with van der Waals surface area (Å²) in [6.45, 7) is 4.91. The molecule has 0 bridgehead atoms. The molecule has 1 aliphatic carbocycles. The van der Waals surface area contributed by atoms with Crippen LogP contribution in [-0.4, -0.2) is 24.5 Å². The molecule has 2 aromatic rings. The van der Waals surface area contributed by atoms with Gasteiger partial charge in [-0.1, -0.05) is 38.0 Å². The Kier molecular flexibility index (Phi) is 4.61. The quantitative estimate of drug-likeness (QED) is 0.872. The van der Waals surface area contributed by atoms with Gasteiger partial charge in [0.2, 0.25) is 0 Å². The second-order valence-corrected chi connectivity index (χ2v) is 6.13. The number of nitrogens with zero attached hydrogens (tertiary/aromatic N) is 1. The van der Waals surface area contributed by atoms with E-state index in [0.717, 1.165) is 37.0 Å². The third kappa shape index (κ3) is 3.14. The van der Waals surface area contributed by atoms with Gasteiger partial charge in [0.05, 0.1) is 6.54 Å². The molecule has 114 valence electrons. The minimum absolute atomic E-state index is 0.741. The molecule has 0 saturated heterocycles. The van der Waals surface area contributed by atoms with Gasteiger partial charge in [0, 0.05) is 23.5 Å². The summed E-state index contributed by atoms with van der Waals surface area (Å²) in [6, 6.07) is 9.16. The van der Waals surface area contributed by atoms with Crippen molar-refractivity contribution in [2.24, 2.45) is 0 Å². The number of benzene rings is 1. The summed E-state index contributed by atoms with van der Waals surface area (Å²) in [5.74, 6) is 1.10. The van der Waals surface area contributed by atoms with Gasteiger partial charge in [-0.05, 0) is 32.5 Å². The molecular weight excluding hydrogens is 260 g/mol. The van der Waals surface area contributed by atoms with E-state index in [4.69, 9.17) is 4.42 Å². The number of nitrogens with one attached hydrogen (secondary N) is 1. The number of hydrogen-bond donors (Lipinski definition) is 1. The summed E-state index contributed by atoms with van der Waals surface area (Å²) in [4.78, 5) is 2.51. The van der Waals surface area contributed by atoms with Gasteiger partial charge in [-0.2, -0.15) is 0 Å². The maximum absolute atomic E-state index is 6.08. The molecule has 0 atom stereocenters. The topological polar surface area (TPSA) is 28.4 Å². The first-order valence-corrected chi connectivity index (χ1v) is 8.20. The highest BCUT2D eigenvalue weighted by Gasteiger charge is 2.22. The number of para-hydroxylation sites is 1. The Morgan fingerprint density at radius 1 is 1.24 bits per heavy atom. The molecule has 1 fully saturated rings. The molecule has 3 nitrogen and oxygen atoms in total. The van der Waals surface area contributed by atoms with E-state index >= 15 is 0 Å². The van der Waals surface area contributed by atoms with E-state index in [1.54, 1.807) is 0 Å². The van der Waals surface area contributed by atoms with E-state index < -0.39 is 0 Å². The molecule has 0 aliphatic heterocycles. The highest BCUT2D eigenvalue weighted by Crippen LogP contribution is 2.29. The summed E-state index contributed by atoms with van der Waals surface area (Å²) in [7, 11) is 2.26. The van der Waals surface area contributed by atoms with Crippen LogP contribution in [0.5, 0.6) is 0 Å². The van der Waals surface area contributed by atoms with Gasteiger partial charge in [-0.15, -0.1) is 0 Å². The molecule has 1 aromatic carbocycles. The monoisotopic (exact) mass is 286 g/mol. The Bertz CT molecular complexity index is 584. The molecule has 0 unspecified atom stereocenters. The van der Waals surface area contributed by atoms with Gasteiger partial charge >= 0.3 is 0 Å². The van der Waals surface area contributed by atoms with Gasteiger partial charge in [-0.25, -0.2) is 0 Å². The highest BCUT2D eigenvalue weighted by molar-refractivity contribution is 5.82. The molecule has 1 saturated carbocycles. The lowest BCUT2D eigenvalue weighted by molar-refractivity contribution is 0.236. The lowest BCUT2D eigenvalue weighted by Gasteiger charge is -2.24. The van der Waals surface area contributed by atoms with Crippen molar-refractivity contribution in [2.45, 2.75) is 51.7 Å². The molecule has 0 amide bonds. The van der Waals surface area contributed by atoms with Crippen molar-refractivity contribution in [3.05, 3.63) is 35.6 Å². The van der Waals surface area contributed by atoms with Crippen LogP contribution in [-0.2, 0) is 13.1 Å². The van der Waals surface area contributed by atoms with E-state index in [0.29, 0.717) is 0 Å². The van der Waals surface area contributed by atoms with Gasteiger partial charge < -0.3 is 9.73 Å². The molecule has 1 aliphatic rings. The van der Waals surface area contributed by atoms with Crippen LogP contribution in [0.2, 0.25) is 0 Å². The van der Waals surface area contributed by atoms with Crippen LogP contribution >= 0.6 is 0 Å². The maximum Gasteiger partial charge on any atom is 0.134 e. The number of furan rings is 1. The summed E-state index contributed by atoms with van der Waals surface area (Å²) >= 11 is 0. The zero-order chi connectivity index (χ0) is 14.7. The number of hydrogen-bond acceptors (Lipinski definition) is 3. The molecule has 3 heteroatoms. The standard InChI is InChI=1S/C18H26N2O/c1-3-19-12-18-16(13-20(2)14-8-4-5-9-14)15-10-6-7-11-17(15)21-18/h6-7,10-11,14,19H,3-5,8-9,12-13H2,1-2H3. The molecule has 0 radical (unpaired) electrons. The summed E-state index contributed by atoms with van der Waals surface area (Å²) in [5.41, 5.74) is 2.38. The molecule has 3 rings (SSSR count). The van der Waals surface area contributed by atoms with Crippen molar-refractivity contribution < 1.29 is 4.42 Å². The molecule has 21 heavy (non-hydrogen) atoms. The van der Waals surface area contributed by atoms with Gasteiger partial charge in [0.15, 0.2) is 0 Å². The van der Waals surface area contributed by atoms with E-state index in [1.807, 2.05) is 6.07 Å². The van der Waals surface area contributed by atoms with Crippen LogP contribution in [0.15, 0.2) is 28.7 Å². The first kappa shape index (κ1) is 14.6. The van der Waals surface area contributed by atoms with Gasteiger partial charge in [0.25, 0.3) is 0 Å². The van der Waals surface area contributed by atoms with Crippen molar-refractivity contribution in [1.29, 1.82) is 0 Å². The number of fused-ring (bicyclic) bond motifs is 1.